The second kappa shape index (κ2) is 7.93. The number of alkyl halides is 3. The van der Waals surface area contributed by atoms with E-state index in [1.807, 2.05) is 42.5 Å². The van der Waals surface area contributed by atoms with Crippen molar-refractivity contribution in [2.24, 2.45) is 0 Å². The van der Waals surface area contributed by atoms with E-state index in [1.165, 1.54) is 0 Å². The van der Waals surface area contributed by atoms with Crippen molar-refractivity contribution in [3.05, 3.63) is 60.4 Å². The molecule has 3 N–H and O–H groups in total. The number of amides is 1. The average molecular weight is 407 g/mol. The first-order chi connectivity index (χ1) is 13.3. The molecule has 146 valence electrons. The number of hydrogen-bond donors (Lipinski definition) is 2. The van der Waals surface area contributed by atoms with Gasteiger partial charge in [-0.25, -0.2) is 4.68 Å². The summed E-state index contributed by atoms with van der Waals surface area (Å²) in [4.78, 5) is 12.6. The van der Waals surface area contributed by atoms with E-state index in [9.17, 15) is 18.0 Å². The first-order valence-corrected chi connectivity index (χ1v) is 9.05. The first-order valence-electron chi connectivity index (χ1n) is 8.17. The summed E-state index contributed by atoms with van der Waals surface area (Å²) in [6, 6.07) is 16.8. The Hall–Kier alpha value is -3.01. The third-order valence-corrected chi connectivity index (χ3v) is 4.90. The molecule has 1 atom stereocenters. The number of aromatic nitrogens is 3. The number of halogens is 3. The van der Waals surface area contributed by atoms with Gasteiger partial charge in [0, 0.05) is 11.3 Å². The number of hydrogen-bond acceptors (Lipinski definition) is 5. The predicted molar refractivity (Wildman–Crippen MR) is 101 cm³/mol. The van der Waals surface area contributed by atoms with Gasteiger partial charge in [0.15, 0.2) is 0 Å². The highest BCUT2D eigenvalue weighted by molar-refractivity contribution is 8.00. The molecule has 0 aliphatic rings. The second-order valence-corrected chi connectivity index (χ2v) is 7.14. The Morgan fingerprint density at radius 1 is 1.11 bits per heavy atom. The number of carbonyl (C=O) groups is 1. The van der Waals surface area contributed by atoms with Crippen LogP contribution in [0.2, 0.25) is 0 Å². The molecule has 1 amide bonds. The van der Waals surface area contributed by atoms with Crippen LogP contribution in [0.15, 0.2) is 59.8 Å². The van der Waals surface area contributed by atoms with Gasteiger partial charge in [-0.15, -0.1) is 10.2 Å². The Morgan fingerprint density at radius 3 is 2.39 bits per heavy atom. The Kier molecular flexibility index (Phi) is 5.59. The summed E-state index contributed by atoms with van der Waals surface area (Å²) in [5, 5.41) is 8.32. The summed E-state index contributed by atoms with van der Waals surface area (Å²) in [6.45, 7) is 1.55. The van der Waals surface area contributed by atoms with Crippen molar-refractivity contribution in [3.8, 4) is 11.1 Å². The number of anilines is 1. The molecule has 0 radical (unpaired) electrons. The van der Waals surface area contributed by atoms with Crippen LogP contribution in [0, 0.1) is 0 Å². The molecule has 0 unspecified atom stereocenters. The fraction of sp³-hybridized carbons (Fsp3) is 0.167. The van der Waals surface area contributed by atoms with Crippen molar-refractivity contribution in [1.82, 2.24) is 14.9 Å². The maximum atomic E-state index is 12.8. The molecule has 0 aliphatic carbocycles. The molecular formula is C18H16F3N5OS. The molecule has 0 aliphatic heterocycles. The van der Waals surface area contributed by atoms with Gasteiger partial charge in [0.25, 0.3) is 5.82 Å². The fourth-order valence-electron chi connectivity index (χ4n) is 2.46. The quantitative estimate of drug-likeness (QED) is 0.496. The summed E-state index contributed by atoms with van der Waals surface area (Å²) < 4.78 is 38.6. The highest BCUT2D eigenvalue weighted by atomic mass is 32.2. The zero-order valence-electron chi connectivity index (χ0n) is 14.6. The first kappa shape index (κ1) is 19.7. The number of nitrogens with one attached hydrogen (secondary N) is 1. The van der Waals surface area contributed by atoms with E-state index in [0.29, 0.717) is 10.4 Å². The number of nitrogens with two attached hydrogens (primary N) is 1. The molecule has 0 saturated heterocycles. The lowest BCUT2D eigenvalue weighted by molar-refractivity contribution is -0.146. The van der Waals surface area contributed by atoms with E-state index < -0.39 is 23.2 Å². The maximum Gasteiger partial charge on any atom is 0.453 e. The zero-order valence-corrected chi connectivity index (χ0v) is 15.5. The molecule has 0 saturated carbocycles. The Labute approximate surface area is 162 Å². The molecule has 6 nitrogen and oxygen atoms in total. The van der Waals surface area contributed by atoms with E-state index in [-0.39, 0.29) is 5.16 Å². The summed E-state index contributed by atoms with van der Waals surface area (Å²) in [6.07, 6.45) is -4.72. The third kappa shape index (κ3) is 4.28. The van der Waals surface area contributed by atoms with Crippen LogP contribution in [0.1, 0.15) is 12.7 Å². The van der Waals surface area contributed by atoms with Crippen LogP contribution < -0.4 is 11.2 Å². The number of rotatable bonds is 5. The van der Waals surface area contributed by atoms with Gasteiger partial charge >= 0.3 is 6.18 Å². The number of nitrogen functional groups attached to an aromatic ring is 1. The van der Waals surface area contributed by atoms with Crippen molar-refractivity contribution in [2.75, 3.05) is 11.2 Å². The standard InChI is InChI=1S/C18H16F3N5OS/c1-11(28-17-25-24-16(26(17)22)18(19,20)21)15(27)23-14-10-6-5-9-13(14)12-7-3-2-4-8-12/h2-11H,22H2,1H3,(H,23,27)/t11-/m1/s1. The summed E-state index contributed by atoms with van der Waals surface area (Å²) in [5.41, 5.74) is 2.35. The van der Waals surface area contributed by atoms with E-state index in [1.54, 1.807) is 19.1 Å². The molecule has 0 spiro atoms. The molecule has 28 heavy (non-hydrogen) atoms. The Bertz CT molecular complexity index is 975. The Morgan fingerprint density at radius 2 is 1.75 bits per heavy atom. The van der Waals surface area contributed by atoms with Crippen molar-refractivity contribution in [3.63, 3.8) is 0 Å². The minimum Gasteiger partial charge on any atom is -0.335 e. The molecule has 3 rings (SSSR count). The van der Waals surface area contributed by atoms with Crippen LogP contribution in [-0.4, -0.2) is 26.0 Å². The van der Waals surface area contributed by atoms with Crippen molar-refractivity contribution < 1.29 is 18.0 Å². The van der Waals surface area contributed by atoms with Gasteiger partial charge in [0.1, 0.15) is 0 Å². The van der Waals surface area contributed by atoms with Gasteiger partial charge in [-0.3, -0.25) is 4.79 Å². The van der Waals surface area contributed by atoms with Crippen molar-refractivity contribution >= 4 is 23.4 Å². The molecule has 1 heterocycles. The molecule has 2 aromatic carbocycles. The fourth-order valence-corrected chi connectivity index (χ4v) is 3.23. The lowest BCUT2D eigenvalue weighted by Gasteiger charge is -2.14. The minimum atomic E-state index is -4.72. The lowest BCUT2D eigenvalue weighted by atomic mass is 10.0. The summed E-state index contributed by atoms with van der Waals surface area (Å²) in [5.74, 6) is 3.69. The van der Waals surface area contributed by atoms with E-state index in [4.69, 9.17) is 5.84 Å². The van der Waals surface area contributed by atoms with Crippen molar-refractivity contribution in [1.29, 1.82) is 0 Å². The van der Waals surface area contributed by atoms with Crippen LogP contribution in [0.3, 0.4) is 0 Å². The second-order valence-electron chi connectivity index (χ2n) is 5.83. The monoisotopic (exact) mass is 407 g/mol. The molecule has 0 fully saturated rings. The summed E-state index contributed by atoms with van der Waals surface area (Å²) >= 11 is 0.788. The molecular weight excluding hydrogens is 391 g/mol. The highest BCUT2D eigenvalue weighted by Crippen LogP contribution is 2.31. The minimum absolute atomic E-state index is 0.202. The van der Waals surface area contributed by atoms with Gasteiger partial charge in [0.2, 0.25) is 11.1 Å². The number of thioether (sulfide) groups is 1. The van der Waals surface area contributed by atoms with Gasteiger partial charge < -0.3 is 11.2 Å². The molecule has 3 aromatic rings. The maximum absolute atomic E-state index is 12.8. The lowest BCUT2D eigenvalue weighted by Crippen LogP contribution is -2.25. The normalized spacial score (nSPS) is 12.6. The number of benzene rings is 2. The van der Waals surface area contributed by atoms with Crippen LogP contribution in [0.5, 0.6) is 0 Å². The average Bonchev–Trinajstić information content (AvgIpc) is 3.03. The number of para-hydroxylation sites is 1. The molecule has 0 bridgehead atoms. The van der Waals surface area contributed by atoms with E-state index in [0.717, 1.165) is 22.9 Å². The zero-order chi connectivity index (χ0) is 20.3. The smallest absolute Gasteiger partial charge is 0.335 e. The van der Waals surface area contributed by atoms with Crippen molar-refractivity contribution in [2.45, 2.75) is 23.5 Å². The van der Waals surface area contributed by atoms with E-state index >= 15 is 0 Å². The predicted octanol–water partition coefficient (Wildman–Crippen LogP) is 3.80. The third-order valence-electron chi connectivity index (χ3n) is 3.84. The van der Waals surface area contributed by atoms with Gasteiger partial charge in [0.05, 0.1) is 5.25 Å². The van der Waals surface area contributed by atoms with E-state index in [2.05, 4.69) is 15.5 Å². The molecule has 1 aromatic heterocycles. The van der Waals surface area contributed by atoms with Crippen LogP contribution in [0.4, 0.5) is 18.9 Å². The van der Waals surface area contributed by atoms with Gasteiger partial charge in [-0.05, 0) is 18.6 Å². The number of carbonyl (C=O) groups excluding carboxylic acids is 1. The van der Waals surface area contributed by atoms with Crippen LogP contribution >= 0.6 is 11.8 Å². The van der Waals surface area contributed by atoms with Gasteiger partial charge in [-0.2, -0.15) is 13.2 Å². The topological polar surface area (TPSA) is 85.8 Å². The summed E-state index contributed by atoms with van der Waals surface area (Å²) in [7, 11) is 0. The molecule has 10 heteroatoms. The SMILES string of the molecule is C[C@@H](Sc1nnc(C(F)(F)F)n1N)C(=O)Nc1ccccc1-c1ccccc1. The Balaban J connectivity index is 1.75. The largest absolute Gasteiger partial charge is 0.453 e. The van der Waals surface area contributed by atoms with Gasteiger partial charge in [-0.1, -0.05) is 60.3 Å². The van der Waals surface area contributed by atoms with Crippen LogP contribution in [-0.2, 0) is 11.0 Å². The number of nitrogens with zero attached hydrogens (tertiary/aromatic N) is 3. The highest BCUT2D eigenvalue weighted by Gasteiger charge is 2.38. The van der Waals surface area contributed by atoms with Crippen LogP contribution in [0.25, 0.3) is 11.1 Å².